The highest BCUT2D eigenvalue weighted by Crippen LogP contribution is 2.43. The van der Waals surface area contributed by atoms with E-state index in [0.717, 1.165) is 51.4 Å². The number of esters is 2. The molecule has 0 aliphatic carbocycles. The number of phosphoric acid groups is 1. The SMILES string of the molecule is CCCCC/C=C/C/C=C/C/C=C/CCCCC(=O)OC[C@H](COP(=O)(O)OC[C@H](N)C(=O)O)OC(=O)CCCCCCCCCCCCCCCC. The van der Waals surface area contributed by atoms with Crippen molar-refractivity contribution in [2.24, 2.45) is 5.73 Å². The fourth-order valence-electron chi connectivity index (χ4n) is 5.36. The Labute approximate surface area is 321 Å². The Morgan fingerprint density at radius 1 is 0.585 bits per heavy atom. The van der Waals surface area contributed by atoms with Crippen LogP contribution in [0.15, 0.2) is 36.5 Å². The van der Waals surface area contributed by atoms with Crippen LogP contribution in [0.3, 0.4) is 0 Å². The number of carboxylic acids is 1. The van der Waals surface area contributed by atoms with Crippen molar-refractivity contribution in [3.05, 3.63) is 36.5 Å². The van der Waals surface area contributed by atoms with Crippen LogP contribution in [0.4, 0.5) is 0 Å². The quantitative estimate of drug-likeness (QED) is 0.0236. The van der Waals surface area contributed by atoms with Crippen LogP contribution in [0.2, 0.25) is 0 Å². The number of hydrogen-bond acceptors (Lipinski definition) is 9. The molecule has 0 aromatic rings. The first kappa shape index (κ1) is 50.7. The first-order valence-corrected chi connectivity index (χ1v) is 22.0. The van der Waals surface area contributed by atoms with Gasteiger partial charge in [0.05, 0.1) is 13.2 Å². The summed E-state index contributed by atoms with van der Waals surface area (Å²) >= 11 is 0. The van der Waals surface area contributed by atoms with Gasteiger partial charge in [0.25, 0.3) is 0 Å². The number of nitrogens with two attached hydrogens (primary N) is 1. The van der Waals surface area contributed by atoms with E-state index in [-0.39, 0.29) is 19.4 Å². The first-order chi connectivity index (χ1) is 25.6. The van der Waals surface area contributed by atoms with Gasteiger partial charge in [-0.2, -0.15) is 0 Å². The number of aliphatic carboxylic acids is 1. The fourth-order valence-corrected chi connectivity index (χ4v) is 6.14. The van der Waals surface area contributed by atoms with E-state index in [1.54, 1.807) is 0 Å². The number of allylic oxidation sites excluding steroid dienone is 6. The molecule has 0 rings (SSSR count). The number of rotatable bonds is 38. The van der Waals surface area contributed by atoms with Crippen LogP contribution in [0.1, 0.15) is 174 Å². The van der Waals surface area contributed by atoms with Crippen LogP contribution in [0.25, 0.3) is 0 Å². The molecule has 3 atom stereocenters. The van der Waals surface area contributed by atoms with Crippen molar-refractivity contribution < 1.29 is 47.5 Å². The standard InChI is InChI=1S/C41H74NO10P/c1-3-5-7-9-11-13-15-17-19-21-22-24-26-28-30-32-39(43)49-34-37(35-50-53(47,48)51-36-38(42)41(45)46)52-40(44)33-31-29-27-25-23-20-18-16-14-12-10-8-6-4-2/h11,13,17,19,22,24,37-38H,3-10,12,14-16,18,20-21,23,25-36,42H2,1-2H3,(H,45,46)(H,47,48)/b13-11+,19-17+,24-22+/t37-,38+/m1/s1. The summed E-state index contributed by atoms with van der Waals surface area (Å²) in [4.78, 5) is 45.8. The zero-order valence-corrected chi connectivity index (χ0v) is 34.0. The first-order valence-electron chi connectivity index (χ1n) is 20.5. The second-order valence-corrected chi connectivity index (χ2v) is 15.2. The number of phosphoric ester groups is 1. The van der Waals surface area contributed by atoms with Crippen molar-refractivity contribution in [3.63, 3.8) is 0 Å². The molecule has 0 bridgehead atoms. The van der Waals surface area contributed by atoms with E-state index in [9.17, 15) is 23.8 Å². The summed E-state index contributed by atoms with van der Waals surface area (Å²) in [6, 6.07) is -1.52. The molecule has 0 radical (unpaired) electrons. The predicted octanol–water partition coefficient (Wildman–Crippen LogP) is 10.4. The third-order valence-electron chi connectivity index (χ3n) is 8.64. The zero-order chi connectivity index (χ0) is 39.3. The second-order valence-electron chi connectivity index (χ2n) is 13.8. The zero-order valence-electron chi connectivity index (χ0n) is 33.1. The maximum absolute atomic E-state index is 12.6. The summed E-state index contributed by atoms with van der Waals surface area (Å²) in [6.07, 6.45) is 37.8. The molecule has 1 unspecified atom stereocenters. The molecular formula is C41H74NO10P. The van der Waals surface area contributed by atoms with E-state index < -0.39 is 51.1 Å². The Hall–Kier alpha value is -2.30. The normalized spacial score (nSPS) is 14.2. The van der Waals surface area contributed by atoms with Gasteiger partial charge in [0.15, 0.2) is 6.10 Å². The summed E-state index contributed by atoms with van der Waals surface area (Å²) in [6.45, 7) is 2.73. The van der Waals surface area contributed by atoms with Crippen LogP contribution in [0.5, 0.6) is 0 Å². The molecule has 0 aromatic heterocycles. The van der Waals surface area contributed by atoms with Crippen molar-refractivity contribution in [1.29, 1.82) is 0 Å². The molecule has 0 saturated carbocycles. The molecule has 0 fully saturated rings. The number of carbonyl (C=O) groups excluding carboxylic acids is 2. The predicted molar refractivity (Wildman–Crippen MR) is 212 cm³/mol. The van der Waals surface area contributed by atoms with Crippen LogP contribution >= 0.6 is 7.82 Å². The van der Waals surface area contributed by atoms with E-state index >= 15 is 0 Å². The van der Waals surface area contributed by atoms with Gasteiger partial charge >= 0.3 is 25.7 Å². The van der Waals surface area contributed by atoms with Crippen LogP contribution < -0.4 is 5.73 Å². The van der Waals surface area contributed by atoms with E-state index in [1.165, 1.54) is 83.5 Å². The highest BCUT2D eigenvalue weighted by molar-refractivity contribution is 7.47. The fraction of sp³-hybridized carbons (Fsp3) is 0.780. The van der Waals surface area contributed by atoms with Gasteiger partial charge in [0, 0.05) is 12.8 Å². The lowest BCUT2D eigenvalue weighted by molar-refractivity contribution is -0.161. The van der Waals surface area contributed by atoms with E-state index in [4.69, 9.17) is 24.8 Å². The molecule has 0 aliphatic rings. The Morgan fingerprint density at radius 2 is 1.00 bits per heavy atom. The van der Waals surface area contributed by atoms with Gasteiger partial charge < -0.3 is 25.2 Å². The maximum Gasteiger partial charge on any atom is 0.472 e. The van der Waals surface area contributed by atoms with E-state index in [0.29, 0.717) is 12.8 Å². The second kappa shape index (κ2) is 36.7. The molecule has 0 aromatic carbocycles. The number of carboxylic acid groups (broad SMARTS) is 1. The van der Waals surface area contributed by atoms with Crippen molar-refractivity contribution in [3.8, 4) is 0 Å². The topological polar surface area (TPSA) is 172 Å². The Morgan fingerprint density at radius 3 is 1.53 bits per heavy atom. The highest BCUT2D eigenvalue weighted by atomic mass is 31.2. The Balaban J connectivity index is 4.46. The van der Waals surface area contributed by atoms with Crippen molar-refractivity contribution in [2.75, 3.05) is 19.8 Å². The summed E-state index contributed by atoms with van der Waals surface area (Å²) < 4.78 is 32.6. The van der Waals surface area contributed by atoms with Gasteiger partial charge in [-0.3, -0.25) is 23.4 Å². The molecule has 0 spiro atoms. The number of carbonyl (C=O) groups is 3. The van der Waals surface area contributed by atoms with Crippen molar-refractivity contribution in [1.82, 2.24) is 0 Å². The summed E-state index contributed by atoms with van der Waals surface area (Å²) in [5, 5.41) is 8.87. The van der Waals surface area contributed by atoms with Gasteiger partial charge in [-0.05, 0) is 51.4 Å². The summed E-state index contributed by atoms with van der Waals surface area (Å²) in [5.41, 5.74) is 5.32. The average molecular weight is 772 g/mol. The highest BCUT2D eigenvalue weighted by Gasteiger charge is 2.28. The van der Waals surface area contributed by atoms with Crippen molar-refractivity contribution >= 4 is 25.7 Å². The maximum atomic E-state index is 12.6. The van der Waals surface area contributed by atoms with Gasteiger partial charge in [0.2, 0.25) is 0 Å². The minimum absolute atomic E-state index is 0.155. The molecule has 0 amide bonds. The molecule has 0 heterocycles. The van der Waals surface area contributed by atoms with Crippen molar-refractivity contribution in [2.45, 2.75) is 187 Å². The summed E-state index contributed by atoms with van der Waals surface area (Å²) in [5.74, 6) is -2.42. The Kier molecular flexibility index (Phi) is 35.1. The third-order valence-corrected chi connectivity index (χ3v) is 9.59. The Bertz CT molecular complexity index is 1050. The minimum Gasteiger partial charge on any atom is -0.480 e. The molecule has 0 saturated heterocycles. The number of unbranched alkanes of at least 4 members (excludes halogenated alkanes) is 18. The molecule has 308 valence electrons. The molecule has 4 N–H and O–H groups in total. The van der Waals surface area contributed by atoms with E-state index in [2.05, 4.69) is 54.8 Å². The molecule has 11 nitrogen and oxygen atoms in total. The third kappa shape index (κ3) is 36.4. The molecule has 0 aliphatic heterocycles. The van der Waals surface area contributed by atoms with Crippen LogP contribution in [-0.2, 0) is 37.5 Å². The van der Waals surface area contributed by atoms with Gasteiger partial charge in [-0.15, -0.1) is 0 Å². The monoisotopic (exact) mass is 772 g/mol. The minimum atomic E-state index is -4.72. The average Bonchev–Trinajstić information content (AvgIpc) is 3.13. The van der Waals surface area contributed by atoms with Gasteiger partial charge in [-0.25, -0.2) is 4.57 Å². The van der Waals surface area contributed by atoms with Gasteiger partial charge in [0.1, 0.15) is 12.6 Å². The number of hydrogen-bond donors (Lipinski definition) is 3. The lowest BCUT2D eigenvalue weighted by Crippen LogP contribution is -2.34. The number of ether oxygens (including phenoxy) is 2. The summed E-state index contributed by atoms with van der Waals surface area (Å²) in [7, 11) is -4.72. The smallest absolute Gasteiger partial charge is 0.472 e. The molecular weight excluding hydrogens is 697 g/mol. The van der Waals surface area contributed by atoms with Gasteiger partial charge in [-0.1, -0.05) is 147 Å². The van der Waals surface area contributed by atoms with Crippen LogP contribution in [-0.4, -0.2) is 59.9 Å². The molecule has 53 heavy (non-hydrogen) atoms. The van der Waals surface area contributed by atoms with Crippen LogP contribution in [0, 0.1) is 0 Å². The van der Waals surface area contributed by atoms with E-state index in [1.807, 2.05) is 0 Å². The largest absolute Gasteiger partial charge is 0.480 e. The molecule has 12 heteroatoms. The lowest BCUT2D eigenvalue weighted by Gasteiger charge is -2.20. The lowest BCUT2D eigenvalue weighted by atomic mass is 10.0.